The van der Waals surface area contributed by atoms with Crippen LogP contribution in [0.4, 0.5) is 5.13 Å². The molecule has 0 saturated carbocycles. The fourth-order valence-electron chi connectivity index (χ4n) is 1.92. The summed E-state index contributed by atoms with van der Waals surface area (Å²) in [5, 5.41) is 3.92. The average molecular weight is 353 g/mol. The van der Waals surface area contributed by atoms with Crippen LogP contribution in [-0.4, -0.2) is 15.3 Å². The lowest BCUT2D eigenvalue weighted by atomic mass is 10.2. The van der Waals surface area contributed by atoms with Crippen LogP contribution in [0.3, 0.4) is 0 Å². The molecule has 6 heteroatoms. The average Bonchev–Trinajstić information content (AvgIpc) is 3.07. The summed E-state index contributed by atoms with van der Waals surface area (Å²) in [4.78, 5) is 16.2. The molecule has 120 valence electrons. The molecular formula is C18H15N3OS2. The van der Waals surface area contributed by atoms with Gasteiger partial charge >= 0.3 is 0 Å². The van der Waals surface area contributed by atoms with E-state index in [4.69, 9.17) is 0 Å². The first-order valence-corrected chi connectivity index (χ1v) is 9.10. The number of carbonyl (C=O) groups excluding carboxylic acids is 1. The minimum atomic E-state index is -0.213. The van der Waals surface area contributed by atoms with Crippen molar-refractivity contribution in [3.05, 3.63) is 77.9 Å². The molecule has 0 unspecified atom stereocenters. The molecule has 0 atom stereocenters. The van der Waals surface area contributed by atoms with E-state index in [2.05, 4.69) is 26.8 Å². The lowest BCUT2D eigenvalue weighted by Crippen LogP contribution is -2.07. The summed E-state index contributed by atoms with van der Waals surface area (Å²) < 4.78 is 4.26. The molecule has 3 rings (SSSR count). The standard InChI is InChI=1S/C18H15N3OS2/c22-16(12-11-14-7-3-1-4-8-14)19-17-20-18(21-24-17)23-13-15-9-5-2-6-10-15/h1-12H,13H2,(H,19,20,21,22)/b12-11+. The largest absolute Gasteiger partial charge is 0.297 e. The zero-order valence-corrected chi connectivity index (χ0v) is 14.4. The number of anilines is 1. The number of rotatable bonds is 6. The Hall–Kier alpha value is -2.44. The number of carbonyl (C=O) groups is 1. The number of nitrogens with one attached hydrogen (secondary N) is 1. The third kappa shape index (κ3) is 5.04. The number of nitrogens with zero attached hydrogens (tertiary/aromatic N) is 2. The summed E-state index contributed by atoms with van der Waals surface area (Å²) in [6.45, 7) is 0. The van der Waals surface area contributed by atoms with Crippen LogP contribution in [0, 0.1) is 0 Å². The summed E-state index contributed by atoms with van der Waals surface area (Å²) in [6.07, 6.45) is 3.26. The van der Waals surface area contributed by atoms with E-state index < -0.39 is 0 Å². The second-order valence-electron chi connectivity index (χ2n) is 4.89. The van der Waals surface area contributed by atoms with Crippen LogP contribution < -0.4 is 5.32 Å². The Morgan fingerprint density at radius 1 is 1.08 bits per heavy atom. The molecule has 1 heterocycles. The summed E-state index contributed by atoms with van der Waals surface area (Å²) in [7, 11) is 0. The van der Waals surface area contributed by atoms with Crippen molar-refractivity contribution in [3.8, 4) is 0 Å². The molecule has 0 radical (unpaired) electrons. The maximum absolute atomic E-state index is 11.9. The van der Waals surface area contributed by atoms with Crippen LogP contribution in [0.25, 0.3) is 6.08 Å². The third-order valence-electron chi connectivity index (χ3n) is 3.08. The van der Waals surface area contributed by atoms with Gasteiger partial charge in [-0.15, -0.1) is 0 Å². The molecule has 0 bridgehead atoms. The molecule has 0 saturated heterocycles. The highest BCUT2D eigenvalue weighted by molar-refractivity contribution is 7.98. The lowest BCUT2D eigenvalue weighted by molar-refractivity contribution is -0.111. The van der Waals surface area contributed by atoms with Gasteiger partial charge in [-0.25, -0.2) is 0 Å². The number of thioether (sulfide) groups is 1. The lowest BCUT2D eigenvalue weighted by Gasteiger charge is -1.97. The molecule has 1 aromatic heterocycles. The first kappa shape index (κ1) is 16.4. The van der Waals surface area contributed by atoms with Crippen molar-refractivity contribution in [2.75, 3.05) is 5.32 Å². The summed E-state index contributed by atoms with van der Waals surface area (Å²) in [6, 6.07) is 19.8. The van der Waals surface area contributed by atoms with Crippen LogP contribution in [0.5, 0.6) is 0 Å². The number of amides is 1. The topological polar surface area (TPSA) is 54.9 Å². The SMILES string of the molecule is O=C(/C=C/c1ccccc1)Nc1nc(SCc2ccccc2)ns1. The van der Waals surface area contributed by atoms with Gasteiger partial charge in [0.1, 0.15) is 0 Å². The summed E-state index contributed by atoms with van der Waals surface area (Å²) in [5.74, 6) is 0.591. The van der Waals surface area contributed by atoms with Crippen molar-refractivity contribution < 1.29 is 4.79 Å². The molecule has 1 N–H and O–H groups in total. The Kier molecular flexibility index (Phi) is 5.76. The van der Waals surface area contributed by atoms with Gasteiger partial charge in [-0.2, -0.15) is 9.36 Å². The van der Waals surface area contributed by atoms with Gasteiger partial charge in [0, 0.05) is 23.4 Å². The van der Waals surface area contributed by atoms with E-state index in [0.717, 1.165) is 11.3 Å². The maximum atomic E-state index is 11.9. The Bertz CT molecular complexity index is 817. The van der Waals surface area contributed by atoms with E-state index in [1.807, 2.05) is 48.5 Å². The van der Waals surface area contributed by atoms with E-state index in [1.54, 1.807) is 17.8 Å². The predicted molar refractivity (Wildman–Crippen MR) is 100 cm³/mol. The second-order valence-corrected chi connectivity index (χ2v) is 6.58. The molecule has 3 aromatic rings. The van der Waals surface area contributed by atoms with Gasteiger partial charge < -0.3 is 0 Å². The van der Waals surface area contributed by atoms with Gasteiger partial charge in [-0.3, -0.25) is 10.1 Å². The molecule has 0 fully saturated rings. The van der Waals surface area contributed by atoms with Gasteiger partial charge in [0.05, 0.1) is 0 Å². The van der Waals surface area contributed by atoms with Crippen LogP contribution in [0.15, 0.2) is 71.9 Å². The van der Waals surface area contributed by atoms with Crippen LogP contribution in [0.2, 0.25) is 0 Å². The number of hydrogen-bond acceptors (Lipinski definition) is 5. The molecule has 2 aromatic carbocycles. The van der Waals surface area contributed by atoms with Gasteiger partial charge in [0.2, 0.25) is 16.2 Å². The van der Waals surface area contributed by atoms with Crippen molar-refractivity contribution >= 4 is 40.4 Å². The van der Waals surface area contributed by atoms with E-state index in [9.17, 15) is 4.79 Å². The number of benzene rings is 2. The quantitative estimate of drug-likeness (QED) is 0.524. The van der Waals surface area contributed by atoms with Crippen molar-refractivity contribution in [1.29, 1.82) is 0 Å². The first-order chi connectivity index (χ1) is 11.8. The third-order valence-corrected chi connectivity index (χ3v) is 4.74. The van der Waals surface area contributed by atoms with Gasteiger partial charge in [-0.1, -0.05) is 72.4 Å². The molecule has 1 amide bonds. The van der Waals surface area contributed by atoms with E-state index in [-0.39, 0.29) is 5.91 Å². The fourth-order valence-corrected chi connectivity index (χ4v) is 3.43. The van der Waals surface area contributed by atoms with Crippen molar-refractivity contribution in [2.45, 2.75) is 10.9 Å². The van der Waals surface area contributed by atoms with Crippen molar-refractivity contribution in [3.63, 3.8) is 0 Å². The molecule has 0 aliphatic heterocycles. The zero-order chi connectivity index (χ0) is 16.6. The van der Waals surface area contributed by atoms with Gasteiger partial charge in [-0.05, 0) is 17.2 Å². The molecule has 4 nitrogen and oxygen atoms in total. The fraction of sp³-hybridized carbons (Fsp3) is 0.0556. The number of hydrogen-bond donors (Lipinski definition) is 1. The van der Waals surface area contributed by atoms with Crippen LogP contribution in [-0.2, 0) is 10.5 Å². The number of aromatic nitrogens is 2. The summed E-state index contributed by atoms with van der Waals surface area (Å²) >= 11 is 2.74. The van der Waals surface area contributed by atoms with E-state index >= 15 is 0 Å². The Balaban J connectivity index is 1.52. The van der Waals surface area contributed by atoms with E-state index in [1.165, 1.54) is 23.2 Å². The monoisotopic (exact) mass is 353 g/mol. The van der Waals surface area contributed by atoms with Gasteiger partial charge in [0.15, 0.2) is 0 Å². The Morgan fingerprint density at radius 2 is 1.79 bits per heavy atom. The summed E-state index contributed by atoms with van der Waals surface area (Å²) in [5.41, 5.74) is 2.19. The van der Waals surface area contributed by atoms with Crippen molar-refractivity contribution in [1.82, 2.24) is 9.36 Å². The Morgan fingerprint density at radius 3 is 2.54 bits per heavy atom. The van der Waals surface area contributed by atoms with E-state index in [0.29, 0.717) is 10.3 Å². The molecule has 0 aliphatic rings. The highest BCUT2D eigenvalue weighted by Gasteiger charge is 2.07. The normalized spacial score (nSPS) is 10.8. The second kappa shape index (κ2) is 8.42. The van der Waals surface area contributed by atoms with Crippen LogP contribution >= 0.6 is 23.3 Å². The molecule has 0 aliphatic carbocycles. The molecule has 24 heavy (non-hydrogen) atoms. The highest BCUT2D eigenvalue weighted by atomic mass is 32.2. The smallest absolute Gasteiger partial charge is 0.250 e. The minimum Gasteiger partial charge on any atom is -0.297 e. The Labute approximate surface area is 148 Å². The first-order valence-electron chi connectivity index (χ1n) is 7.34. The molecular weight excluding hydrogens is 338 g/mol. The molecule has 0 spiro atoms. The minimum absolute atomic E-state index is 0.213. The highest BCUT2D eigenvalue weighted by Crippen LogP contribution is 2.23. The predicted octanol–water partition coefficient (Wildman–Crippen LogP) is 4.48. The van der Waals surface area contributed by atoms with Crippen LogP contribution in [0.1, 0.15) is 11.1 Å². The maximum Gasteiger partial charge on any atom is 0.250 e. The zero-order valence-electron chi connectivity index (χ0n) is 12.8. The van der Waals surface area contributed by atoms with Gasteiger partial charge in [0.25, 0.3) is 0 Å². The van der Waals surface area contributed by atoms with Crippen molar-refractivity contribution in [2.24, 2.45) is 0 Å².